The van der Waals surface area contributed by atoms with Crippen molar-refractivity contribution in [2.45, 2.75) is 18.7 Å². The minimum Gasteiger partial charge on any atom is -0.127 e. The van der Waals surface area contributed by atoms with E-state index in [4.69, 9.17) is 23.2 Å². The highest BCUT2D eigenvalue weighted by molar-refractivity contribution is 7.16. The topological polar surface area (TPSA) is 0 Å². The molecular weight excluding hydrogens is 259 g/mol. The van der Waals surface area contributed by atoms with Gasteiger partial charge in [0.25, 0.3) is 0 Å². The van der Waals surface area contributed by atoms with Crippen molar-refractivity contribution >= 4 is 34.5 Å². The average molecular weight is 271 g/mol. The van der Waals surface area contributed by atoms with Crippen molar-refractivity contribution in [3.05, 3.63) is 56.7 Å². The number of alkyl halides is 1. The van der Waals surface area contributed by atoms with E-state index in [0.717, 1.165) is 15.6 Å². The molecule has 0 saturated carbocycles. The van der Waals surface area contributed by atoms with Gasteiger partial charge in [0.2, 0.25) is 0 Å². The Morgan fingerprint density at radius 2 is 1.94 bits per heavy atom. The maximum absolute atomic E-state index is 6.48. The van der Waals surface area contributed by atoms with Gasteiger partial charge in [-0.3, -0.25) is 0 Å². The van der Waals surface area contributed by atoms with Crippen molar-refractivity contribution < 1.29 is 0 Å². The first kappa shape index (κ1) is 12.0. The summed E-state index contributed by atoms with van der Waals surface area (Å²) in [7, 11) is 0. The predicted molar refractivity (Wildman–Crippen MR) is 72.8 cm³/mol. The molecule has 0 bridgehead atoms. The fraction of sp³-hybridized carbons (Fsp3) is 0.231. The summed E-state index contributed by atoms with van der Waals surface area (Å²) in [6, 6.07) is 12.2. The molecule has 0 radical (unpaired) electrons. The van der Waals surface area contributed by atoms with Crippen LogP contribution < -0.4 is 0 Å². The maximum Gasteiger partial charge on any atom is 0.0931 e. The van der Waals surface area contributed by atoms with Gasteiger partial charge >= 0.3 is 0 Å². The van der Waals surface area contributed by atoms with Crippen LogP contribution in [0.4, 0.5) is 0 Å². The Morgan fingerprint density at radius 1 is 1.19 bits per heavy atom. The zero-order chi connectivity index (χ0) is 11.5. The summed E-state index contributed by atoms with van der Waals surface area (Å²) < 4.78 is 0.787. The fourth-order valence-electron chi connectivity index (χ4n) is 1.72. The average Bonchev–Trinajstić information content (AvgIpc) is 2.75. The zero-order valence-corrected chi connectivity index (χ0v) is 11.2. The van der Waals surface area contributed by atoms with Gasteiger partial charge in [-0.05, 0) is 29.7 Å². The van der Waals surface area contributed by atoms with Crippen molar-refractivity contribution in [3.8, 4) is 0 Å². The second kappa shape index (κ2) is 5.22. The molecule has 2 rings (SSSR count). The van der Waals surface area contributed by atoms with E-state index in [2.05, 4.69) is 19.1 Å². The van der Waals surface area contributed by atoms with Crippen LogP contribution in [0.15, 0.2) is 36.4 Å². The highest BCUT2D eigenvalue weighted by Crippen LogP contribution is 2.36. The van der Waals surface area contributed by atoms with Crippen molar-refractivity contribution in [1.29, 1.82) is 0 Å². The minimum atomic E-state index is -0.0892. The summed E-state index contributed by atoms with van der Waals surface area (Å²) in [5, 5.41) is -0.0892. The zero-order valence-electron chi connectivity index (χ0n) is 8.91. The predicted octanol–water partition coefficient (Wildman–Crippen LogP) is 5.29. The van der Waals surface area contributed by atoms with Gasteiger partial charge in [0.1, 0.15) is 0 Å². The van der Waals surface area contributed by atoms with Gasteiger partial charge in [-0.1, -0.05) is 42.8 Å². The normalized spacial score (nSPS) is 12.7. The Labute approximate surface area is 110 Å². The Bertz CT molecular complexity index is 476. The van der Waals surface area contributed by atoms with Gasteiger partial charge in [0.05, 0.1) is 9.71 Å². The molecule has 0 aliphatic rings. The summed E-state index contributed by atoms with van der Waals surface area (Å²) >= 11 is 13.9. The van der Waals surface area contributed by atoms with Crippen LogP contribution >= 0.6 is 34.5 Å². The molecule has 1 aromatic heterocycles. The van der Waals surface area contributed by atoms with E-state index < -0.39 is 0 Å². The fourth-order valence-corrected chi connectivity index (χ4v) is 3.20. The highest BCUT2D eigenvalue weighted by atomic mass is 35.5. The second-order valence-corrected chi connectivity index (χ2v) is 5.74. The lowest BCUT2D eigenvalue weighted by Crippen LogP contribution is -1.95. The Kier molecular flexibility index (Phi) is 3.91. The third-order valence-corrected chi connectivity index (χ3v) is 4.45. The molecule has 2 aromatic rings. The molecule has 0 nitrogen and oxygen atoms in total. The van der Waals surface area contributed by atoms with E-state index in [0.29, 0.717) is 0 Å². The molecule has 0 aliphatic carbocycles. The van der Waals surface area contributed by atoms with Gasteiger partial charge in [-0.2, -0.15) is 0 Å². The van der Waals surface area contributed by atoms with Crippen molar-refractivity contribution in [2.24, 2.45) is 0 Å². The van der Waals surface area contributed by atoms with Gasteiger partial charge in [0.15, 0.2) is 0 Å². The lowest BCUT2D eigenvalue weighted by Gasteiger charge is -2.12. The van der Waals surface area contributed by atoms with E-state index in [1.165, 1.54) is 11.1 Å². The van der Waals surface area contributed by atoms with Gasteiger partial charge in [-0.25, -0.2) is 0 Å². The molecule has 1 heterocycles. The minimum absolute atomic E-state index is 0.0892. The lowest BCUT2D eigenvalue weighted by molar-refractivity contribution is 1.05. The molecular formula is C13H12Cl2S. The number of hydrogen-bond acceptors (Lipinski definition) is 1. The van der Waals surface area contributed by atoms with Crippen LogP contribution in [0, 0.1) is 0 Å². The van der Waals surface area contributed by atoms with Crippen molar-refractivity contribution in [3.63, 3.8) is 0 Å². The van der Waals surface area contributed by atoms with E-state index in [1.807, 2.05) is 24.3 Å². The molecule has 0 spiro atoms. The van der Waals surface area contributed by atoms with Crippen LogP contribution in [-0.2, 0) is 6.42 Å². The smallest absolute Gasteiger partial charge is 0.0931 e. The largest absolute Gasteiger partial charge is 0.127 e. The Balaban J connectivity index is 2.36. The summed E-state index contributed by atoms with van der Waals surface area (Å²) in [5.74, 6) is 0. The number of halogens is 2. The summed E-state index contributed by atoms with van der Waals surface area (Å²) in [5.41, 5.74) is 2.48. The Hall–Kier alpha value is -0.500. The molecule has 16 heavy (non-hydrogen) atoms. The SMILES string of the molecule is CCc1ccccc1C(Cl)c1ccc(Cl)s1. The summed E-state index contributed by atoms with van der Waals surface area (Å²) in [4.78, 5) is 1.10. The molecule has 0 aliphatic heterocycles. The molecule has 0 amide bonds. The van der Waals surface area contributed by atoms with Crippen LogP contribution in [0.25, 0.3) is 0 Å². The van der Waals surface area contributed by atoms with Gasteiger partial charge in [0, 0.05) is 4.88 Å². The van der Waals surface area contributed by atoms with Crippen molar-refractivity contribution in [1.82, 2.24) is 0 Å². The standard InChI is InChI=1S/C13H12Cl2S/c1-2-9-5-3-4-6-10(9)13(15)11-7-8-12(14)16-11/h3-8,13H,2H2,1H3. The third-order valence-electron chi connectivity index (χ3n) is 2.55. The Morgan fingerprint density at radius 3 is 2.56 bits per heavy atom. The van der Waals surface area contributed by atoms with Crippen LogP contribution in [-0.4, -0.2) is 0 Å². The van der Waals surface area contributed by atoms with E-state index in [9.17, 15) is 0 Å². The van der Waals surface area contributed by atoms with Gasteiger partial charge in [-0.15, -0.1) is 22.9 Å². The van der Waals surface area contributed by atoms with Crippen LogP contribution in [0.3, 0.4) is 0 Å². The molecule has 1 atom stereocenters. The molecule has 1 aromatic carbocycles. The van der Waals surface area contributed by atoms with Crippen LogP contribution in [0.1, 0.15) is 28.3 Å². The maximum atomic E-state index is 6.48. The lowest BCUT2D eigenvalue weighted by atomic mass is 10.0. The van der Waals surface area contributed by atoms with E-state index in [1.54, 1.807) is 11.3 Å². The molecule has 1 unspecified atom stereocenters. The third kappa shape index (κ3) is 2.42. The second-order valence-electron chi connectivity index (χ2n) is 3.56. The monoisotopic (exact) mass is 270 g/mol. The number of benzene rings is 1. The summed E-state index contributed by atoms with van der Waals surface area (Å²) in [6.45, 7) is 2.14. The number of rotatable bonds is 3. The molecule has 0 N–H and O–H groups in total. The first-order valence-electron chi connectivity index (χ1n) is 5.19. The van der Waals surface area contributed by atoms with Crippen LogP contribution in [0.5, 0.6) is 0 Å². The first-order valence-corrected chi connectivity index (χ1v) is 6.82. The van der Waals surface area contributed by atoms with E-state index >= 15 is 0 Å². The molecule has 3 heteroatoms. The van der Waals surface area contributed by atoms with Crippen molar-refractivity contribution in [2.75, 3.05) is 0 Å². The molecule has 84 valence electrons. The molecule has 0 saturated heterocycles. The van der Waals surface area contributed by atoms with E-state index in [-0.39, 0.29) is 5.38 Å². The number of hydrogen-bond donors (Lipinski definition) is 0. The first-order chi connectivity index (χ1) is 7.72. The number of aryl methyl sites for hydroxylation is 1. The quantitative estimate of drug-likeness (QED) is 0.665. The number of thiophene rings is 1. The highest BCUT2D eigenvalue weighted by Gasteiger charge is 2.15. The van der Waals surface area contributed by atoms with Gasteiger partial charge < -0.3 is 0 Å². The van der Waals surface area contributed by atoms with Crippen LogP contribution in [0.2, 0.25) is 4.34 Å². The summed E-state index contributed by atoms with van der Waals surface area (Å²) in [6.07, 6.45) is 0.999. The molecule has 0 fully saturated rings.